The van der Waals surface area contributed by atoms with Crippen LogP contribution in [0.5, 0.6) is 0 Å². The van der Waals surface area contributed by atoms with Gasteiger partial charge in [0.1, 0.15) is 5.69 Å². The molecule has 1 aromatic rings. The first-order valence-corrected chi connectivity index (χ1v) is 3.90. The number of carbonyl (C=O) groups is 1. The van der Waals surface area contributed by atoms with E-state index in [-0.39, 0.29) is 15.7 Å². The molecule has 1 rings (SSSR count). The molecular formula is C7H3Cl2F2NO. The summed E-state index contributed by atoms with van der Waals surface area (Å²) in [5.41, 5.74) is -0.617. The van der Waals surface area contributed by atoms with Gasteiger partial charge in [0.05, 0.1) is 15.6 Å². The summed E-state index contributed by atoms with van der Waals surface area (Å²) in [4.78, 5) is 13.7. The smallest absolute Gasteiger partial charge is 0.266 e. The lowest BCUT2D eigenvalue weighted by atomic mass is 10.2. The predicted octanol–water partition coefficient (Wildman–Crippen LogP) is 3.14. The monoisotopic (exact) mass is 225 g/mol. The van der Waals surface area contributed by atoms with E-state index < -0.39 is 12.0 Å². The zero-order valence-electron chi connectivity index (χ0n) is 6.10. The average Bonchev–Trinajstić information content (AvgIpc) is 2.09. The highest BCUT2D eigenvalue weighted by atomic mass is 35.5. The van der Waals surface area contributed by atoms with Crippen molar-refractivity contribution in [3.05, 3.63) is 27.5 Å². The Balaban J connectivity index is 3.31. The van der Waals surface area contributed by atoms with Crippen LogP contribution in [0, 0.1) is 0 Å². The molecule has 0 spiro atoms. The van der Waals surface area contributed by atoms with Crippen LogP contribution >= 0.6 is 23.2 Å². The number of hydrogen-bond donors (Lipinski definition) is 0. The standard InChI is InChI=1S/C7H3Cl2F2NO/c8-5-3(7(10)11)1-12-4(2-13)6(5)9/h1-2,7H. The van der Waals surface area contributed by atoms with E-state index in [0.717, 1.165) is 6.20 Å². The van der Waals surface area contributed by atoms with Gasteiger partial charge in [-0.3, -0.25) is 9.78 Å². The van der Waals surface area contributed by atoms with Gasteiger partial charge < -0.3 is 0 Å². The number of aromatic nitrogens is 1. The third-order valence-electron chi connectivity index (χ3n) is 1.36. The molecule has 6 heteroatoms. The Hall–Kier alpha value is -0.740. The molecule has 13 heavy (non-hydrogen) atoms. The number of carbonyl (C=O) groups excluding carboxylic acids is 1. The molecule has 0 aromatic carbocycles. The average molecular weight is 226 g/mol. The van der Waals surface area contributed by atoms with Gasteiger partial charge in [0.25, 0.3) is 6.43 Å². The fourth-order valence-corrected chi connectivity index (χ4v) is 1.16. The molecule has 1 heterocycles. The van der Waals surface area contributed by atoms with Gasteiger partial charge in [-0.15, -0.1) is 0 Å². The summed E-state index contributed by atoms with van der Waals surface area (Å²) in [6.45, 7) is 0. The van der Waals surface area contributed by atoms with Crippen molar-refractivity contribution in [2.45, 2.75) is 6.43 Å². The second-order valence-corrected chi connectivity index (χ2v) is 2.90. The molecular weight excluding hydrogens is 223 g/mol. The SMILES string of the molecule is O=Cc1ncc(C(F)F)c(Cl)c1Cl. The van der Waals surface area contributed by atoms with Crippen molar-refractivity contribution in [2.24, 2.45) is 0 Å². The van der Waals surface area contributed by atoms with Crippen molar-refractivity contribution >= 4 is 29.5 Å². The Kier molecular flexibility index (Phi) is 3.17. The topological polar surface area (TPSA) is 30.0 Å². The predicted molar refractivity (Wildman–Crippen MR) is 44.6 cm³/mol. The Morgan fingerprint density at radius 2 is 2.00 bits per heavy atom. The number of alkyl halides is 2. The first kappa shape index (κ1) is 10.3. The molecule has 0 bridgehead atoms. The maximum atomic E-state index is 12.2. The van der Waals surface area contributed by atoms with Gasteiger partial charge in [0.2, 0.25) is 0 Å². The highest BCUT2D eigenvalue weighted by Crippen LogP contribution is 2.32. The van der Waals surface area contributed by atoms with E-state index in [1.165, 1.54) is 0 Å². The number of nitrogens with zero attached hydrogens (tertiary/aromatic N) is 1. The first-order valence-electron chi connectivity index (χ1n) is 3.15. The summed E-state index contributed by atoms with van der Waals surface area (Å²) in [5, 5.41) is -0.566. The maximum absolute atomic E-state index is 12.2. The summed E-state index contributed by atoms with van der Waals surface area (Å²) in [7, 11) is 0. The van der Waals surface area contributed by atoms with Crippen LogP contribution in [-0.4, -0.2) is 11.3 Å². The Labute approximate surface area is 82.5 Å². The van der Waals surface area contributed by atoms with Crippen LogP contribution < -0.4 is 0 Å². The third-order valence-corrected chi connectivity index (χ3v) is 2.25. The molecule has 0 N–H and O–H groups in total. The molecule has 0 atom stereocenters. The summed E-state index contributed by atoms with van der Waals surface area (Å²) < 4.78 is 24.3. The Morgan fingerprint density at radius 1 is 1.38 bits per heavy atom. The largest absolute Gasteiger partial charge is 0.296 e. The minimum absolute atomic E-state index is 0.143. The van der Waals surface area contributed by atoms with Crippen LogP contribution in [0.1, 0.15) is 22.5 Å². The van der Waals surface area contributed by atoms with Gasteiger partial charge in [-0.25, -0.2) is 8.78 Å². The van der Waals surface area contributed by atoms with E-state index in [1.54, 1.807) is 0 Å². The third kappa shape index (κ3) is 1.95. The molecule has 0 saturated heterocycles. The van der Waals surface area contributed by atoms with Gasteiger partial charge in [-0.05, 0) is 0 Å². The Bertz CT molecular complexity index is 344. The van der Waals surface area contributed by atoms with E-state index >= 15 is 0 Å². The summed E-state index contributed by atoms with van der Waals surface area (Å²) in [6.07, 6.45) is -1.57. The van der Waals surface area contributed by atoms with Crippen LogP contribution in [0.15, 0.2) is 6.20 Å². The quantitative estimate of drug-likeness (QED) is 0.725. The minimum Gasteiger partial charge on any atom is -0.296 e. The van der Waals surface area contributed by atoms with Gasteiger partial charge in [-0.2, -0.15) is 0 Å². The highest BCUT2D eigenvalue weighted by molar-refractivity contribution is 6.43. The number of halogens is 4. The molecule has 1 aromatic heterocycles. The van der Waals surface area contributed by atoms with E-state index in [9.17, 15) is 13.6 Å². The fourth-order valence-electron chi connectivity index (χ4n) is 0.726. The molecule has 0 aliphatic carbocycles. The second kappa shape index (κ2) is 3.98. The van der Waals surface area contributed by atoms with Crippen molar-refractivity contribution in [2.75, 3.05) is 0 Å². The zero-order valence-corrected chi connectivity index (χ0v) is 7.61. The van der Waals surface area contributed by atoms with Crippen LogP contribution in [0.3, 0.4) is 0 Å². The van der Waals surface area contributed by atoms with Gasteiger partial charge in [0, 0.05) is 6.20 Å². The summed E-state index contributed by atoms with van der Waals surface area (Å²) >= 11 is 10.9. The minimum atomic E-state index is -2.75. The number of hydrogen-bond acceptors (Lipinski definition) is 2. The van der Waals surface area contributed by atoms with E-state index in [0.29, 0.717) is 6.29 Å². The first-order chi connectivity index (χ1) is 6.07. The number of aldehydes is 1. The van der Waals surface area contributed by atoms with Gasteiger partial charge >= 0.3 is 0 Å². The lowest BCUT2D eigenvalue weighted by molar-refractivity contribution is 0.111. The van der Waals surface area contributed by atoms with E-state index in [2.05, 4.69) is 4.98 Å². The van der Waals surface area contributed by atoms with E-state index in [1.807, 2.05) is 0 Å². The summed E-state index contributed by atoms with van der Waals surface area (Å²) in [5.74, 6) is 0. The van der Waals surface area contributed by atoms with Crippen LogP contribution in [0.2, 0.25) is 10.0 Å². The highest BCUT2D eigenvalue weighted by Gasteiger charge is 2.17. The molecule has 0 radical (unpaired) electrons. The lowest BCUT2D eigenvalue weighted by Gasteiger charge is -2.04. The van der Waals surface area contributed by atoms with E-state index in [4.69, 9.17) is 23.2 Å². The number of pyridine rings is 1. The molecule has 70 valence electrons. The molecule has 0 amide bonds. The zero-order chi connectivity index (χ0) is 10.0. The molecule has 0 fully saturated rings. The van der Waals surface area contributed by atoms with Crippen molar-refractivity contribution in [3.63, 3.8) is 0 Å². The molecule has 0 unspecified atom stereocenters. The second-order valence-electron chi connectivity index (χ2n) is 2.15. The molecule has 2 nitrogen and oxygen atoms in total. The van der Waals surface area contributed by atoms with Crippen molar-refractivity contribution in [3.8, 4) is 0 Å². The number of rotatable bonds is 2. The molecule has 0 saturated carbocycles. The normalized spacial score (nSPS) is 10.5. The Morgan fingerprint density at radius 3 is 2.46 bits per heavy atom. The van der Waals surface area contributed by atoms with Crippen molar-refractivity contribution in [1.29, 1.82) is 0 Å². The maximum Gasteiger partial charge on any atom is 0.266 e. The lowest BCUT2D eigenvalue weighted by Crippen LogP contribution is -1.94. The van der Waals surface area contributed by atoms with Crippen molar-refractivity contribution in [1.82, 2.24) is 4.98 Å². The molecule has 0 aliphatic heterocycles. The van der Waals surface area contributed by atoms with Gasteiger partial charge in [-0.1, -0.05) is 23.2 Å². The molecule has 0 aliphatic rings. The van der Waals surface area contributed by atoms with Crippen LogP contribution in [0.4, 0.5) is 8.78 Å². The fraction of sp³-hybridized carbons (Fsp3) is 0.143. The van der Waals surface area contributed by atoms with Crippen molar-refractivity contribution < 1.29 is 13.6 Å². The van der Waals surface area contributed by atoms with Crippen LogP contribution in [0.25, 0.3) is 0 Å². The summed E-state index contributed by atoms with van der Waals surface area (Å²) in [6, 6.07) is 0. The van der Waals surface area contributed by atoms with Crippen LogP contribution in [-0.2, 0) is 0 Å². The van der Waals surface area contributed by atoms with Gasteiger partial charge in [0.15, 0.2) is 6.29 Å².